The Morgan fingerprint density at radius 3 is 2.33 bits per heavy atom. The number of ether oxygens (including phenoxy) is 2. The summed E-state index contributed by atoms with van der Waals surface area (Å²) in [5.74, 6) is -1.37. The summed E-state index contributed by atoms with van der Waals surface area (Å²) < 4.78 is 16.8. The van der Waals surface area contributed by atoms with Crippen LogP contribution in [0.3, 0.4) is 0 Å². The van der Waals surface area contributed by atoms with E-state index in [1.807, 2.05) is 0 Å². The van der Waals surface area contributed by atoms with Gasteiger partial charge in [-0.2, -0.15) is 0 Å². The van der Waals surface area contributed by atoms with E-state index in [1.54, 1.807) is 0 Å². The largest absolute Gasteiger partial charge is 0.507 e. The van der Waals surface area contributed by atoms with Crippen LogP contribution in [0.25, 0.3) is 22.3 Å². The third-order valence-corrected chi connectivity index (χ3v) is 4.80. The van der Waals surface area contributed by atoms with E-state index in [0.717, 1.165) is 6.07 Å². The van der Waals surface area contributed by atoms with Gasteiger partial charge in [-0.25, -0.2) is 4.42 Å². The van der Waals surface area contributed by atoms with E-state index in [-0.39, 0.29) is 45.3 Å². The minimum absolute atomic E-state index is 0.0144. The van der Waals surface area contributed by atoms with Crippen molar-refractivity contribution in [2.45, 2.75) is 24.6 Å². The van der Waals surface area contributed by atoms with E-state index < -0.39 is 37.0 Å². The molecule has 4 atom stereocenters. The number of phenols is 4. The van der Waals surface area contributed by atoms with Crippen molar-refractivity contribution in [3.05, 3.63) is 36.4 Å². The Labute approximate surface area is 169 Å². The van der Waals surface area contributed by atoms with Gasteiger partial charge in [0.15, 0.2) is 11.5 Å². The van der Waals surface area contributed by atoms with Crippen LogP contribution >= 0.6 is 0 Å². The molecule has 4 rings (SSSR count). The molecule has 3 aromatic rings. The summed E-state index contributed by atoms with van der Waals surface area (Å²) in [5, 5.41) is 68.8. The second-order valence-electron chi connectivity index (χ2n) is 6.84. The number of hydrogen-bond acceptors (Lipinski definition) is 9. The highest BCUT2D eigenvalue weighted by Crippen LogP contribution is 2.42. The van der Waals surface area contributed by atoms with Crippen LogP contribution in [-0.4, -0.2) is 67.0 Å². The molecule has 0 bridgehead atoms. The average molecular weight is 419 g/mol. The van der Waals surface area contributed by atoms with Crippen LogP contribution in [0.1, 0.15) is 0 Å². The molecule has 0 amide bonds. The molecule has 30 heavy (non-hydrogen) atoms. The number of phenolic OH excluding ortho intramolecular Hbond substituents is 4. The predicted octanol–water partition coefficient (Wildman–Crippen LogP) is 1.02. The van der Waals surface area contributed by atoms with Crippen LogP contribution in [0.2, 0.25) is 0 Å². The van der Waals surface area contributed by atoms with Gasteiger partial charge in [-0.05, 0) is 12.1 Å². The first kappa shape index (κ1) is 20.0. The van der Waals surface area contributed by atoms with Crippen molar-refractivity contribution < 1.29 is 49.6 Å². The molecule has 0 saturated carbocycles. The first-order valence-electron chi connectivity index (χ1n) is 8.92. The van der Waals surface area contributed by atoms with E-state index in [1.165, 1.54) is 30.3 Å². The minimum Gasteiger partial charge on any atom is -0.507 e. The van der Waals surface area contributed by atoms with Gasteiger partial charge in [0, 0.05) is 18.2 Å². The number of aliphatic hydroxyl groups excluding tert-OH is 3. The number of rotatable bonds is 4. The molecule has 10 heteroatoms. The van der Waals surface area contributed by atoms with Crippen molar-refractivity contribution in [2.24, 2.45) is 0 Å². The van der Waals surface area contributed by atoms with Gasteiger partial charge in [0.2, 0.25) is 12.0 Å². The van der Waals surface area contributed by atoms with Crippen molar-refractivity contribution in [2.75, 3.05) is 6.61 Å². The third-order valence-electron chi connectivity index (χ3n) is 4.80. The normalized spacial score (nSPS) is 23.7. The molecular formula is C20H19O10+. The second-order valence-corrected chi connectivity index (χ2v) is 6.84. The zero-order chi connectivity index (χ0) is 21.6. The van der Waals surface area contributed by atoms with E-state index in [9.17, 15) is 35.7 Å². The van der Waals surface area contributed by atoms with E-state index in [0.29, 0.717) is 0 Å². The minimum atomic E-state index is -1.48. The molecule has 0 aliphatic carbocycles. The average Bonchev–Trinajstić information content (AvgIpc) is 2.98. The van der Waals surface area contributed by atoms with Crippen LogP contribution in [0.5, 0.6) is 28.7 Å². The summed E-state index contributed by atoms with van der Waals surface area (Å²) in [6.07, 6.45) is -5.29. The lowest BCUT2D eigenvalue weighted by Crippen LogP contribution is -2.35. The monoisotopic (exact) mass is 419 g/mol. The van der Waals surface area contributed by atoms with E-state index in [4.69, 9.17) is 13.9 Å². The lowest BCUT2D eigenvalue weighted by molar-refractivity contribution is -0.116. The number of fused-ring (bicyclic) bond motifs is 1. The Hall–Kier alpha value is -3.31. The Balaban J connectivity index is 1.85. The summed E-state index contributed by atoms with van der Waals surface area (Å²) in [6.45, 7) is -0.543. The summed E-state index contributed by atoms with van der Waals surface area (Å²) in [5.41, 5.74) is 0.348. The van der Waals surface area contributed by atoms with Crippen molar-refractivity contribution in [3.8, 4) is 40.1 Å². The van der Waals surface area contributed by atoms with E-state index in [2.05, 4.69) is 0 Å². The van der Waals surface area contributed by atoms with Gasteiger partial charge in [0.1, 0.15) is 35.2 Å². The predicted molar refractivity (Wildman–Crippen MR) is 101 cm³/mol. The molecule has 0 radical (unpaired) electrons. The van der Waals surface area contributed by atoms with Gasteiger partial charge >= 0.3 is 11.3 Å². The number of aliphatic hydroxyl groups is 3. The summed E-state index contributed by atoms with van der Waals surface area (Å²) in [7, 11) is 0. The summed E-state index contributed by atoms with van der Waals surface area (Å²) >= 11 is 0. The molecule has 10 nitrogen and oxygen atoms in total. The molecule has 7 N–H and O–H groups in total. The lowest BCUT2D eigenvalue weighted by atomic mass is 10.1. The fraction of sp³-hybridized carbons (Fsp3) is 0.250. The maximum atomic E-state index is 10.2. The molecular weight excluding hydrogens is 400 g/mol. The standard InChI is InChI=1S/C20H18O10/c21-7-16-17(26)18(27)20(30-16)29-15-6-10-12(24)4-9(22)5-14(10)28-19(15)8-1-2-11(23)13(25)3-8/h1-6,16-18,20-21,26-27H,7H2,(H3-,22,23,24,25)/p+1/t16-,17-,18+,20+/m1/s1. The number of benzene rings is 2. The molecule has 1 saturated heterocycles. The van der Waals surface area contributed by atoms with Crippen LogP contribution in [-0.2, 0) is 4.74 Å². The second kappa shape index (κ2) is 7.50. The van der Waals surface area contributed by atoms with Gasteiger partial charge in [-0.3, -0.25) is 0 Å². The summed E-state index contributed by atoms with van der Waals surface area (Å²) in [4.78, 5) is 0. The topological polar surface area (TPSA) is 171 Å². The quantitative estimate of drug-likeness (QED) is 0.239. The third kappa shape index (κ3) is 3.42. The maximum Gasteiger partial charge on any atom is 0.402 e. The van der Waals surface area contributed by atoms with Gasteiger partial charge in [-0.1, -0.05) is 0 Å². The molecule has 1 aromatic heterocycles. The van der Waals surface area contributed by atoms with Crippen LogP contribution < -0.4 is 4.74 Å². The Kier molecular flexibility index (Phi) is 5.00. The maximum absolute atomic E-state index is 10.2. The van der Waals surface area contributed by atoms with Crippen molar-refractivity contribution >= 4 is 11.0 Å². The summed E-state index contributed by atoms with van der Waals surface area (Å²) in [6, 6.07) is 7.57. The molecule has 2 aromatic carbocycles. The Morgan fingerprint density at radius 1 is 0.900 bits per heavy atom. The highest BCUT2D eigenvalue weighted by atomic mass is 16.7. The molecule has 0 unspecified atom stereocenters. The van der Waals surface area contributed by atoms with Crippen molar-refractivity contribution in [3.63, 3.8) is 0 Å². The van der Waals surface area contributed by atoms with E-state index >= 15 is 0 Å². The first-order chi connectivity index (χ1) is 14.3. The zero-order valence-corrected chi connectivity index (χ0v) is 15.3. The van der Waals surface area contributed by atoms with Crippen molar-refractivity contribution in [1.29, 1.82) is 0 Å². The zero-order valence-electron chi connectivity index (χ0n) is 15.3. The van der Waals surface area contributed by atoms with Gasteiger partial charge in [0.05, 0.1) is 18.2 Å². The Bertz CT molecular complexity index is 1100. The fourth-order valence-electron chi connectivity index (χ4n) is 3.23. The number of hydrogen-bond donors (Lipinski definition) is 7. The van der Waals surface area contributed by atoms with Crippen LogP contribution in [0.4, 0.5) is 0 Å². The first-order valence-corrected chi connectivity index (χ1v) is 8.92. The smallest absolute Gasteiger partial charge is 0.402 e. The highest BCUT2D eigenvalue weighted by molar-refractivity contribution is 5.88. The number of aromatic hydroxyl groups is 4. The van der Waals surface area contributed by atoms with Gasteiger partial charge in [-0.15, -0.1) is 0 Å². The van der Waals surface area contributed by atoms with Gasteiger partial charge < -0.3 is 45.2 Å². The molecule has 2 heterocycles. The molecule has 1 aliphatic heterocycles. The van der Waals surface area contributed by atoms with Crippen molar-refractivity contribution in [1.82, 2.24) is 0 Å². The molecule has 158 valence electrons. The molecule has 1 aliphatic rings. The molecule has 0 spiro atoms. The fourth-order valence-corrected chi connectivity index (χ4v) is 3.23. The lowest BCUT2D eigenvalue weighted by Gasteiger charge is -2.16. The van der Waals surface area contributed by atoms with Gasteiger partial charge in [0.25, 0.3) is 0 Å². The SMILES string of the molecule is OC[C@H]1O[C@H](Oc2cc3c(O)cc(O)cc3[o+]c2-c2ccc(O)c(O)c2)[C@@H](O)[C@@H]1O. The molecule has 1 fully saturated rings. The highest BCUT2D eigenvalue weighted by Gasteiger charge is 2.45. The van der Waals surface area contributed by atoms with Crippen LogP contribution in [0.15, 0.2) is 40.8 Å². The van der Waals surface area contributed by atoms with Crippen LogP contribution in [0, 0.1) is 0 Å². The Morgan fingerprint density at radius 2 is 1.67 bits per heavy atom.